The number of furan rings is 1. The van der Waals surface area contributed by atoms with E-state index < -0.39 is 5.97 Å². The van der Waals surface area contributed by atoms with Crippen LogP contribution >= 0.6 is 0 Å². The number of carboxylic acids is 1. The molecule has 32 heavy (non-hydrogen) atoms. The highest BCUT2D eigenvalue weighted by atomic mass is 16.7. The van der Waals surface area contributed by atoms with E-state index >= 15 is 0 Å². The molecule has 7 nitrogen and oxygen atoms in total. The van der Waals surface area contributed by atoms with E-state index in [4.69, 9.17) is 19.1 Å². The molecule has 7 heteroatoms. The zero-order chi connectivity index (χ0) is 22.8. The van der Waals surface area contributed by atoms with Gasteiger partial charge in [0, 0.05) is 23.1 Å². The van der Waals surface area contributed by atoms with Crippen LogP contribution in [0, 0.1) is 0 Å². The molecule has 0 aliphatic heterocycles. The maximum Gasteiger partial charge on any atom is 0.303 e. The number of carbonyl (C=O) groups is 2. The first-order valence-corrected chi connectivity index (χ1v) is 10.5. The van der Waals surface area contributed by atoms with E-state index in [0.29, 0.717) is 24.3 Å². The fourth-order valence-electron chi connectivity index (χ4n) is 3.25. The van der Waals surface area contributed by atoms with E-state index in [-0.39, 0.29) is 18.9 Å². The summed E-state index contributed by atoms with van der Waals surface area (Å²) in [7, 11) is 1.46. The van der Waals surface area contributed by atoms with Crippen molar-refractivity contribution in [3.8, 4) is 17.1 Å². The molecule has 1 aromatic heterocycles. The third-order valence-electron chi connectivity index (χ3n) is 4.96. The van der Waals surface area contributed by atoms with Crippen molar-refractivity contribution in [1.29, 1.82) is 0 Å². The Kier molecular flexibility index (Phi) is 8.45. The molecular formula is C25H27NO6. The Morgan fingerprint density at radius 1 is 0.969 bits per heavy atom. The van der Waals surface area contributed by atoms with Crippen molar-refractivity contribution in [1.82, 2.24) is 5.06 Å². The lowest BCUT2D eigenvalue weighted by atomic mass is 10.1. The van der Waals surface area contributed by atoms with Gasteiger partial charge in [0.1, 0.15) is 11.5 Å². The first-order valence-electron chi connectivity index (χ1n) is 10.5. The van der Waals surface area contributed by atoms with Gasteiger partial charge >= 0.3 is 5.97 Å². The van der Waals surface area contributed by atoms with Crippen LogP contribution in [-0.2, 0) is 16.2 Å². The topological polar surface area (TPSA) is 89.2 Å². The Morgan fingerprint density at radius 3 is 2.44 bits per heavy atom. The molecule has 1 heterocycles. The highest BCUT2D eigenvalue weighted by Crippen LogP contribution is 2.23. The number of carboxylic acid groups (broad SMARTS) is 1. The van der Waals surface area contributed by atoms with Crippen molar-refractivity contribution in [2.75, 3.05) is 13.7 Å². The molecule has 0 aliphatic carbocycles. The highest BCUT2D eigenvalue weighted by Gasteiger charge is 2.18. The quantitative estimate of drug-likeness (QED) is 0.310. The summed E-state index contributed by atoms with van der Waals surface area (Å²) in [4.78, 5) is 28.9. The molecule has 0 atom stereocenters. The summed E-state index contributed by atoms with van der Waals surface area (Å²) >= 11 is 0. The van der Waals surface area contributed by atoms with Crippen molar-refractivity contribution in [3.63, 3.8) is 0 Å². The van der Waals surface area contributed by atoms with Gasteiger partial charge in [0.15, 0.2) is 0 Å². The minimum absolute atomic E-state index is 0.171. The van der Waals surface area contributed by atoms with Crippen LogP contribution in [0.4, 0.5) is 0 Å². The second kappa shape index (κ2) is 11.7. The lowest BCUT2D eigenvalue weighted by Crippen LogP contribution is -2.29. The van der Waals surface area contributed by atoms with Crippen molar-refractivity contribution in [3.05, 3.63) is 78.1 Å². The Morgan fingerprint density at radius 2 is 1.75 bits per heavy atom. The van der Waals surface area contributed by atoms with Gasteiger partial charge in [-0.2, -0.15) is 0 Å². The van der Waals surface area contributed by atoms with Gasteiger partial charge in [-0.05, 0) is 49.6 Å². The number of benzene rings is 2. The minimum atomic E-state index is -0.781. The van der Waals surface area contributed by atoms with E-state index in [1.165, 1.54) is 12.2 Å². The third-order valence-corrected chi connectivity index (χ3v) is 4.96. The summed E-state index contributed by atoms with van der Waals surface area (Å²) in [5.41, 5.74) is 2.21. The van der Waals surface area contributed by atoms with Crippen LogP contribution in [0.5, 0.6) is 5.75 Å². The summed E-state index contributed by atoms with van der Waals surface area (Å²) in [6, 6.07) is 18.3. The number of hydrogen-bond donors (Lipinski definition) is 1. The molecule has 1 N–H and O–H groups in total. The van der Waals surface area contributed by atoms with Crippen LogP contribution < -0.4 is 4.74 Å². The summed E-state index contributed by atoms with van der Waals surface area (Å²) in [6.45, 7) is 0.705. The summed E-state index contributed by atoms with van der Waals surface area (Å²) < 4.78 is 11.3. The summed E-state index contributed by atoms with van der Waals surface area (Å²) in [5, 5.41) is 9.98. The zero-order valence-electron chi connectivity index (χ0n) is 18.0. The third kappa shape index (κ3) is 6.46. The average Bonchev–Trinajstić information content (AvgIpc) is 3.35. The maximum atomic E-state index is 13.0. The predicted molar refractivity (Wildman–Crippen MR) is 119 cm³/mol. The number of hydrogen-bond acceptors (Lipinski definition) is 5. The van der Waals surface area contributed by atoms with Crippen LogP contribution in [0.25, 0.3) is 11.3 Å². The largest absolute Gasteiger partial charge is 0.493 e. The molecule has 0 saturated carbocycles. The number of aliphatic carboxylic acids is 1. The standard InChI is InChI=1S/C25H27NO6/c1-30-26(25(29)20-14-12-19(13-15-20)22-10-7-17-32-22)18-21-8-4-5-9-23(21)31-16-6-2-3-11-24(27)28/h4-5,7-10,12-15,17H,2-3,6,11,16,18H2,1H3,(H,27,28). The van der Waals surface area contributed by atoms with Crippen molar-refractivity contribution < 1.29 is 28.7 Å². The van der Waals surface area contributed by atoms with Gasteiger partial charge < -0.3 is 14.3 Å². The van der Waals surface area contributed by atoms with Crippen LogP contribution in [0.2, 0.25) is 0 Å². The first kappa shape index (κ1) is 23.1. The van der Waals surface area contributed by atoms with E-state index in [2.05, 4.69) is 0 Å². The second-order valence-corrected chi connectivity index (χ2v) is 7.24. The van der Waals surface area contributed by atoms with Crippen molar-refractivity contribution >= 4 is 11.9 Å². The number of nitrogens with zero attached hydrogens (tertiary/aromatic N) is 1. The van der Waals surface area contributed by atoms with Gasteiger partial charge in [-0.15, -0.1) is 0 Å². The molecule has 1 amide bonds. The van der Waals surface area contributed by atoms with Gasteiger partial charge in [0.2, 0.25) is 0 Å². The van der Waals surface area contributed by atoms with Crippen LogP contribution in [0.1, 0.15) is 41.6 Å². The van der Waals surface area contributed by atoms with Crippen LogP contribution in [-0.4, -0.2) is 35.8 Å². The molecule has 0 bridgehead atoms. The Labute approximate surface area is 187 Å². The number of rotatable bonds is 12. The van der Waals surface area contributed by atoms with E-state index in [1.54, 1.807) is 18.4 Å². The van der Waals surface area contributed by atoms with E-state index in [9.17, 15) is 9.59 Å². The fraction of sp³-hybridized carbons (Fsp3) is 0.280. The van der Waals surface area contributed by atoms with Gasteiger partial charge in [0.25, 0.3) is 5.91 Å². The van der Waals surface area contributed by atoms with Crippen LogP contribution in [0.15, 0.2) is 71.3 Å². The minimum Gasteiger partial charge on any atom is -0.493 e. The molecular weight excluding hydrogens is 410 g/mol. The molecule has 0 saturated heterocycles. The number of unbranched alkanes of at least 4 members (excludes halogenated alkanes) is 2. The number of ether oxygens (including phenoxy) is 1. The lowest BCUT2D eigenvalue weighted by molar-refractivity contribution is -0.137. The van der Waals surface area contributed by atoms with Gasteiger partial charge in [-0.25, -0.2) is 5.06 Å². The molecule has 0 fully saturated rings. The van der Waals surface area contributed by atoms with Gasteiger partial charge in [0.05, 0.1) is 26.5 Å². The highest BCUT2D eigenvalue weighted by molar-refractivity contribution is 5.94. The smallest absolute Gasteiger partial charge is 0.303 e. The summed E-state index contributed by atoms with van der Waals surface area (Å²) in [5.74, 6) is 0.369. The predicted octanol–water partition coefficient (Wildman–Crippen LogP) is 5.17. The van der Waals surface area contributed by atoms with Crippen molar-refractivity contribution in [2.24, 2.45) is 0 Å². The number of carbonyl (C=O) groups excluding carboxylic acids is 1. The van der Waals surface area contributed by atoms with E-state index in [0.717, 1.165) is 29.7 Å². The molecule has 0 unspecified atom stereocenters. The lowest BCUT2D eigenvalue weighted by Gasteiger charge is -2.21. The number of hydroxylamine groups is 2. The number of para-hydroxylation sites is 1. The Hall–Kier alpha value is -3.58. The molecule has 168 valence electrons. The Bertz CT molecular complexity index is 998. The molecule has 2 aromatic carbocycles. The molecule has 0 aliphatic rings. The van der Waals surface area contributed by atoms with Crippen LogP contribution in [0.3, 0.4) is 0 Å². The number of amides is 1. The molecule has 3 rings (SSSR count). The van der Waals surface area contributed by atoms with Gasteiger partial charge in [-0.1, -0.05) is 30.3 Å². The molecule has 0 spiro atoms. The molecule has 3 aromatic rings. The first-order chi connectivity index (χ1) is 15.6. The van der Waals surface area contributed by atoms with Gasteiger partial charge in [-0.3, -0.25) is 14.4 Å². The Balaban J connectivity index is 1.60. The normalized spacial score (nSPS) is 10.7. The maximum absolute atomic E-state index is 13.0. The SMILES string of the molecule is CON(Cc1ccccc1OCCCCCC(=O)O)C(=O)c1ccc(-c2ccco2)cc1. The monoisotopic (exact) mass is 437 g/mol. The zero-order valence-corrected chi connectivity index (χ0v) is 18.0. The second-order valence-electron chi connectivity index (χ2n) is 7.24. The van der Waals surface area contributed by atoms with E-state index in [1.807, 2.05) is 48.5 Å². The van der Waals surface area contributed by atoms with Crippen molar-refractivity contribution in [2.45, 2.75) is 32.2 Å². The average molecular weight is 437 g/mol. The summed E-state index contributed by atoms with van der Waals surface area (Å²) in [6.07, 6.45) is 3.95. The fourth-order valence-corrected chi connectivity index (χ4v) is 3.25. The molecule has 0 radical (unpaired) electrons.